The zero-order valence-corrected chi connectivity index (χ0v) is 16.2. The van der Waals surface area contributed by atoms with Crippen molar-refractivity contribution in [2.45, 2.75) is 74.2 Å². The third-order valence-corrected chi connectivity index (χ3v) is 6.42. The van der Waals surface area contributed by atoms with Crippen LogP contribution in [0.4, 0.5) is 0 Å². The summed E-state index contributed by atoms with van der Waals surface area (Å²) in [4.78, 5) is 4.59. The number of nitrogens with zero attached hydrogens (tertiary/aromatic N) is 5. The number of rotatable bonds is 6. The molecule has 8 heteroatoms. The minimum atomic E-state index is 0.0287. The molecule has 0 aliphatic heterocycles. The van der Waals surface area contributed by atoms with Crippen LogP contribution in [0.25, 0.3) is 11.6 Å². The molecule has 2 saturated carbocycles. The standard InChI is InChI=1S/C19H23N5O2S/c1-12(18-20-16(23-26-18)13-9-10-13)27-19-22-21-17(15-8-5-11-25-15)24(19)14-6-3-2-4-7-14/h5,8,11-14H,2-4,6-7,9-10H2,1H3. The number of hydrogen-bond acceptors (Lipinski definition) is 7. The lowest BCUT2D eigenvalue weighted by Gasteiger charge is -2.25. The van der Waals surface area contributed by atoms with Crippen LogP contribution in [0.5, 0.6) is 0 Å². The van der Waals surface area contributed by atoms with E-state index in [1.165, 1.54) is 32.1 Å². The van der Waals surface area contributed by atoms with Gasteiger partial charge in [-0.1, -0.05) is 36.2 Å². The Morgan fingerprint density at radius 2 is 2.00 bits per heavy atom. The second kappa shape index (κ2) is 7.14. The fraction of sp³-hybridized carbons (Fsp3) is 0.579. The van der Waals surface area contributed by atoms with Crippen LogP contribution in [-0.4, -0.2) is 24.9 Å². The topological polar surface area (TPSA) is 82.8 Å². The predicted octanol–water partition coefficient (Wildman–Crippen LogP) is 5.16. The number of thioether (sulfide) groups is 1. The molecule has 2 aliphatic carbocycles. The van der Waals surface area contributed by atoms with Crippen molar-refractivity contribution in [2.24, 2.45) is 0 Å². The molecule has 1 unspecified atom stereocenters. The molecule has 7 nitrogen and oxygen atoms in total. The van der Waals surface area contributed by atoms with E-state index in [9.17, 15) is 0 Å². The Balaban J connectivity index is 1.43. The first-order valence-corrected chi connectivity index (χ1v) is 10.7. The summed E-state index contributed by atoms with van der Waals surface area (Å²) in [7, 11) is 0. The summed E-state index contributed by atoms with van der Waals surface area (Å²) >= 11 is 1.63. The fourth-order valence-electron chi connectivity index (χ4n) is 3.73. The zero-order valence-electron chi connectivity index (χ0n) is 15.4. The second-order valence-corrected chi connectivity index (χ2v) is 8.78. The maximum absolute atomic E-state index is 5.62. The van der Waals surface area contributed by atoms with Gasteiger partial charge < -0.3 is 8.94 Å². The smallest absolute Gasteiger partial charge is 0.239 e. The highest BCUT2D eigenvalue weighted by Crippen LogP contribution is 2.42. The number of hydrogen-bond donors (Lipinski definition) is 0. The molecule has 0 bridgehead atoms. The SMILES string of the molecule is CC(Sc1nnc(-c2ccco2)n1C1CCCCC1)c1nc(C2CC2)no1. The van der Waals surface area contributed by atoms with Crippen molar-refractivity contribution in [3.8, 4) is 11.6 Å². The summed E-state index contributed by atoms with van der Waals surface area (Å²) in [5.74, 6) is 3.59. The van der Waals surface area contributed by atoms with Gasteiger partial charge in [0.25, 0.3) is 0 Å². The molecule has 0 amide bonds. The van der Waals surface area contributed by atoms with Gasteiger partial charge in [-0.15, -0.1) is 10.2 Å². The van der Waals surface area contributed by atoms with Crippen LogP contribution in [0, 0.1) is 0 Å². The molecule has 1 atom stereocenters. The first-order chi connectivity index (χ1) is 13.3. The molecule has 2 aliphatic rings. The Bertz CT molecular complexity index is 893. The van der Waals surface area contributed by atoms with Gasteiger partial charge in [-0.2, -0.15) is 4.98 Å². The van der Waals surface area contributed by atoms with Crippen molar-refractivity contribution < 1.29 is 8.94 Å². The van der Waals surface area contributed by atoms with Crippen LogP contribution in [0.1, 0.15) is 80.8 Å². The van der Waals surface area contributed by atoms with E-state index < -0.39 is 0 Å². The molecule has 0 aromatic carbocycles. The van der Waals surface area contributed by atoms with Crippen molar-refractivity contribution in [1.29, 1.82) is 0 Å². The molecule has 3 heterocycles. The van der Waals surface area contributed by atoms with E-state index in [-0.39, 0.29) is 5.25 Å². The minimum absolute atomic E-state index is 0.0287. The lowest BCUT2D eigenvalue weighted by Crippen LogP contribution is -2.15. The molecule has 27 heavy (non-hydrogen) atoms. The van der Waals surface area contributed by atoms with Gasteiger partial charge >= 0.3 is 0 Å². The van der Waals surface area contributed by atoms with E-state index in [1.54, 1.807) is 18.0 Å². The van der Waals surface area contributed by atoms with Gasteiger partial charge in [0.05, 0.1) is 11.5 Å². The lowest BCUT2D eigenvalue weighted by molar-refractivity contribution is 0.337. The summed E-state index contributed by atoms with van der Waals surface area (Å²) in [5, 5.41) is 14.0. The lowest BCUT2D eigenvalue weighted by atomic mass is 9.95. The molecule has 5 rings (SSSR count). The maximum Gasteiger partial charge on any atom is 0.239 e. The van der Waals surface area contributed by atoms with Crippen LogP contribution in [0.15, 0.2) is 32.5 Å². The molecule has 0 N–H and O–H groups in total. The first kappa shape index (κ1) is 17.0. The Kier molecular flexibility index (Phi) is 4.51. The van der Waals surface area contributed by atoms with E-state index in [2.05, 4.69) is 31.8 Å². The van der Waals surface area contributed by atoms with Gasteiger partial charge in [0, 0.05) is 12.0 Å². The van der Waals surface area contributed by atoms with Crippen LogP contribution in [-0.2, 0) is 0 Å². The van der Waals surface area contributed by atoms with Gasteiger partial charge in [-0.3, -0.25) is 4.57 Å². The van der Waals surface area contributed by atoms with E-state index in [1.807, 2.05) is 12.1 Å². The van der Waals surface area contributed by atoms with Crippen LogP contribution in [0.2, 0.25) is 0 Å². The molecule has 0 radical (unpaired) electrons. The van der Waals surface area contributed by atoms with Crippen molar-refractivity contribution in [3.05, 3.63) is 30.1 Å². The van der Waals surface area contributed by atoms with Gasteiger partial charge in [0.1, 0.15) is 0 Å². The molecular weight excluding hydrogens is 362 g/mol. The molecule has 3 aromatic rings. The highest BCUT2D eigenvalue weighted by molar-refractivity contribution is 7.99. The number of furan rings is 1. The second-order valence-electron chi connectivity index (χ2n) is 7.47. The maximum atomic E-state index is 5.62. The van der Waals surface area contributed by atoms with Crippen molar-refractivity contribution >= 4 is 11.8 Å². The van der Waals surface area contributed by atoms with E-state index in [0.717, 1.165) is 35.4 Å². The summed E-state index contributed by atoms with van der Waals surface area (Å²) in [6, 6.07) is 4.25. The zero-order chi connectivity index (χ0) is 18.2. The molecule has 2 fully saturated rings. The van der Waals surface area contributed by atoms with Crippen molar-refractivity contribution in [1.82, 2.24) is 24.9 Å². The summed E-state index contributed by atoms with van der Waals surface area (Å²) < 4.78 is 13.4. The van der Waals surface area contributed by atoms with Gasteiger partial charge in [-0.05, 0) is 44.7 Å². The van der Waals surface area contributed by atoms with Crippen LogP contribution < -0.4 is 0 Å². The quantitative estimate of drug-likeness (QED) is 0.542. The molecule has 0 spiro atoms. The van der Waals surface area contributed by atoms with Crippen molar-refractivity contribution in [2.75, 3.05) is 0 Å². The molecular formula is C19H23N5O2S. The fourth-order valence-corrected chi connectivity index (χ4v) is 4.68. The third-order valence-electron chi connectivity index (χ3n) is 5.38. The Morgan fingerprint density at radius 3 is 2.74 bits per heavy atom. The predicted molar refractivity (Wildman–Crippen MR) is 100 cm³/mol. The van der Waals surface area contributed by atoms with Crippen LogP contribution in [0.3, 0.4) is 0 Å². The minimum Gasteiger partial charge on any atom is -0.461 e. The van der Waals surface area contributed by atoms with E-state index in [4.69, 9.17) is 8.94 Å². The van der Waals surface area contributed by atoms with E-state index >= 15 is 0 Å². The van der Waals surface area contributed by atoms with Gasteiger partial charge in [0.15, 0.2) is 16.7 Å². The Labute approximate surface area is 161 Å². The van der Waals surface area contributed by atoms with Gasteiger partial charge in [-0.25, -0.2) is 0 Å². The molecule has 142 valence electrons. The summed E-state index contributed by atoms with van der Waals surface area (Å²) in [6.45, 7) is 2.08. The van der Waals surface area contributed by atoms with Gasteiger partial charge in [0.2, 0.25) is 11.7 Å². The monoisotopic (exact) mass is 385 g/mol. The average Bonchev–Trinajstić information content (AvgIpc) is 3.12. The molecule has 0 saturated heterocycles. The van der Waals surface area contributed by atoms with Crippen molar-refractivity contribution in [3.63, 3.8) is 0 Å². The Morgan fingerprint density at radius 1 is 1.15 bits per heavy atom. The highest BCUT2D eigenvalue weighted by atomic mass is 32.2. The summed E-state index contributed by atoms with van der Waals surface area (Å²) in [6.07, 6.45) is 10.1. The third kappa shape index (κ3) is 3.42. The normalized spacial score (nSPS) is 19.4. The molecule has 3 aromatic heterocycles. The average molecular weight is 385 g/mol. The van der Waals surface area contributed by atoms with E-state index in [0.29, 0.717) is 17.9 Å². The highest BCUT2D eigenvalue weighted by Gasteiger charge is 2.31. The number of aromatic nitrogens is 5. The summed E-state index contributed by atoms with van der Waals surface area (Å²) in [5.41, 5.74) is 0. The Hall–Kier alpha value is -2.09. The first-order valence-electron chi connectivity index (χ1n) is 9.78. The largest absolute Gasteiger partial charge is 0.461 e. The van der Waals surface area contributed by atoms with Crippen LogP contribution >= 0.6 is 11.8 Å².